The summed E-state index contributed by atoms with van der Waals surface area (Å²) in [6.45, 7) is 2.12. The Morgan fingerprint density at radius 3 is 1.59 bits per heavy atom. The molecule has 0 spiro atoms. The van der Waals surface area contributed by atoms with Crippen molar-refractivity contribution in [2.45, 2.75) is 70.7 Å². The third kappa shape index (κ3) is 6.36. The Labute approximate surface area is 169 Å². The first-order valence-electron chi connectivity index (χ1n) is 9.95. The van der Waals surface area contributed by atoms with E-state index in [1.807, 2.05) is 0 Å². The molecule has 0 fully saturated rings. The van der Waals surface area contributed by atoms with Gasteiger partial charge < -0.3 is 14.2 Å². The lowest BCUT2D eigenvalue weighted by atomic mass is 9.90. The van der Waals surface area contributed by atoms with E-state index in [-0.39, 0.29) is 12.8 Å². The molecule has 1 aromatic rings. The highest BCUT2D eigenvalue weighted by Gasteiger charge is 2.40. The smallest absolute Gasteiger partial charge is 0.285 e. The first-order chi connectivity index (χ1) is 13.8. The Morgan fingerprint density at radius 2 is 1.10 bits per heavy atom. The SMILES string of the molecule is CCCCCCCCC(CCc1c(F)c(F)c(F)c(F)c1F)C(OC)(OC)OC. The number of halogens is 5. The van der Waals surface area contributed by atoms with Gasteiger partial charge in [0.05, 0.1) is 0 Å². The van der Waals surface area contributed by atoms with Gasteiger partial charge in [0.15, 0.2) is 23.3 Å². The molecule has 0 saturated carbocycles. The molecule has 0 aliphatic heterocycles. The Balaban J connectivity index is 2.95. The number of unbranched alkanes of at least 4 members (excludes halogenated alkanes) is 5. The highest BCUT2D eigenvalue weighted by atomic mass is 19.2. The lowest BCUT2D eigenvalue weighted by Gasteiger charge is -2.36. The van der Waals surface area contributed by atoms with Gasteiger partial charge in [-0.1, -0.05) is 45.4 Å². The topological polar surface area (TPSA) is 27.7 Å². The molecule has 1 unspecified atom stereocenters. The molecule has 1 rings (SSSR count). The molecule has 0 aliphatic rings. The lowest BCUT2D eigenvalue weighted by Crippen LogP contribution is -2.44. The number of ether oxygens (including phenoxy) is 3. The van der Waals surface area contributed by atoms with Gasteiger partial charge in [0.1, 0.15) is 0 Å². The van der Waals surface area contributed by atoms with Crippen molar-refractivity contribution in [1.82, 2.24) is 0 Å². The van der Waals surface area contributed by atoms with Gasteiger partial charge in [-0.3, -0.25) is 0 Å². The maximum atomic E-state index is 14.0. The summed E-state index contributed by atoms with van der Waals surface area (Å²) in [5.74, 6) is -11.6. The van der Waals surface area contributed by atoms with Gasteiger partial charge in [-0.25, -0.2) is 22.0 Å². The van der Waals surface area contributed by atoms with Crippen LogP contribution >= 0.6 is 0 Å². The number of rotatable bonds is 14. The predicted octanol–water partition coefficient (Wildman–Crippen LogP) is 6.27. The van der Waals surface area contributed by atoms with Gasteiger partial charge in [-0.05, 0) is 19.3 Å². The molecular formula is C21H31F5O3. The third-order valence-electron chi connectivity index (χ3n) is 5.30. The third-order valence-corrected chi connectivity index (χ3v) is 5.30. The van der Waals surface area contributed by atoms with Crippen LogP contribution in [0.5, 0.6) is 0 Å². The average Bonchev–Trinajstić information content (AvgIpc) is 2.74. The largest absolute Gasteiger partial charge is 0.331 e. The van der Waals surface area contributed by atoms with E-state index < -0.39 is 46.5 Å². The molecule has 0 aliphatic carbocycles. The molecule has 29 heavy (non-hydrogen) atoms. The molecule has 1 atom stereocenters. The van der Waals surface area contributed by atoms with Crippen LogP contribution in [0.15, 0.2) is 0 Å². The van der Waals surface area contributed by atoms with Crippen molar-refractivity contribution >= 4 is 0 Å². The van der Waals surface area contributed by atoms with E-state index in [2.05, 4.69) is 6.92 Å². The summed E-state index contributed by atoms with van der Waals surface area (Å²) in [7, 11) is 4.12. The molecule has 1 aromatic carbocycles. The van der Waals surface area contributed by atoms with E-state index in [0.29, 0.717) is 6.42 Å². The first-order valence-corrected chi connectivity index (χ1v) is 9.95. The summed E-state index contributed by atoms with van der Waals surface area (Å²) in [6.07, 6.45) is 6.44. The number of methoxy groups -OCH3 is 3. The second-order valence-corrected chi connectivity index (χ2v) is 7.06. The van der Waals surface area contributed by atoms with Crippen LogP contribution in [0.4, 0.5) is 22.0 Å². The van der Waals surface area contributed by atoms with Crippen LogP contribution in [-0.2, 0) is 20.6 Å². The standard InChI is InChI=1S/C21H31F5O3/c1-5-6-7-8-9-10-11-14(21(27-2,28-3)29-4)12-13-15-16(22)18(24)20(26)19(25)17(15)23/h14H,5-13H2,1-4H3. The highest BCUT2D eigenvalue weighted by molar-refractivity contribution is 5.24. The molecule has 3 nitrogen and oxygen atoms in total. The Bertz CT molecular complexity index is 598. The zero-order valence-electron chi connectivity index (χ0n) is 17.6. The summed E-state index contributed by atoms with van der Waals surface area (Å²) in [5, 5.41) is 0. The van der Waals surface area contributed by atoms with E-state index >= 15 is 0 Å². The molecule has 0 heterocycles. The second kappa shape index (κ2) is 12.4. The van der Waals surface area contributed by atoms with Crippen LogP contribution in [0, 0.1) is 35.0 Å². The van der Waals surface area contributed by atoms with E-state index in [0.717, 1.165) is 38.5 Å². The van der Waals surface area contributed by atoms with Gasteiger partial charge in [0.25, 0.3) is 5.97 Å². The van der Waals surface area contributed by atoms with Gasteiger partial charge >= 0.3 is 0 Å². The first kappa shape index (κ1) is 25.8. The second-order valence-electron chi connectivity index (χ2n) is 7.06. The number of hydrogen-bond donors (Lipinski definition) is 0. The maximum Gasteiger partial charge on any atom is 0.285 e. The van der Waals surface area contributed by atoms with E-state index in [9.17, 15) is 22.0 Å². The summed E-state index contributed by atoms with van der Waals surface area (Å²) in [4.78, 5) is 0. The molecule has 0 aromatic heterocycles. The van der Waals surface area contributed by atoms with Crippen LogP contribution in [0.25, 0.3) is 0 Å². The zero-order valence-corrected chi connectivity index (χ0v) is 17.6. The monoisotopic (exact) mass is 426 g/mol. The van der Waals surface area contributed by atoms with Gasteiger partial charge in [0.2, 0.25) is 5.82 Å². The maximum absolute atomic E-state index is 14.0. The fourth-order valence-electron chi connectivity index (χ4n) is 3.61. The van der Waals surface area contributed by atoms with Crippen molar-refractivity contribution in [3.05, 3.63) is 34.6 Å². The summed E-state index contributed by atoms with van der Waals surface area (Å²) >= 11 is 0. The molecule has 8 heteroatoms. The van der Waals surface area contributed by atoms with Crippen molar-refractivity contribution in [3.8, 4) is 0 Å². The van der Waals surface area contributed by atoms with Crippen LogP contribution < -0.4 is 0 Å². The Morgan fingerprint density at radius 1 is 0.655 bits per heavy atom. The molecule has 0 N–H and O–H groups in total. The minimum atomic E-state index is -2.16. The van der Waals surface area contributed by atoms with Crippen molar-refractivity contribution in [3.63, 3.8) is 0 Å². The molecule has 0 amide bonds. The average molecular weight is 426 g/mol. The summed E-state index contributed by atoms with van der Waals surface area (Å²) < 4.78 is 84.3. The molecule has 0 bridgehead atoms. The molecule has 168 valence electrons. The van der Waals surface area contributed by atoms with Crippen molar-refractivity contribution in [2.24, 2.45) is 5.92 Å². The fourth-order valence-corrected chi connectivity index (χ4v) is 3.61. The van der Waals surface area contributed by atoms with Crippen LogP contribution in [0.2, 0.25) is 0 Å². The molecule has 0 saturated heterocycles. The number of benzene rings is 1. The normalized spacial score (nSPS) is 13.1. The predicted molar refractivity (Wildman–Crippen MR) is 99.8 cm³/mol. The van der Waals surface area contributed by atoms with Crippen LogP contribution in [0.3, 0.4) is 0 Å². The van der Waals surface area contributed by atoms with E-state index in [4.69, 9.17) is 14.2 Å². The van der Waals surface area contributed by atoms with Crippen molar-refractivity contribution in [2.75, 3.05) is 21.3 Å². The minimum Gasteiger partial charge on any atom is -0.331 e. The van der Waals surface area contributed by atoms with Gasteiger partial charge in [-0.2, -0.15) is 0 Å². The highest BCUT2D eigenvalue weighted by Crippen LogP contribution is 2.34. The van der Waals surface area contributed by atoms with E-state index in [1.165, 1.54) is 21.3 Å². The van der Waals surface area contributed by atoms with Crippen molar-refractivity contribution < 1.29 is 36.2 Å². The van der Waals surface area contributed by atoms with E-state index in [1.54, 1.807) is 0 Å². The molecular weight excluding hydrogens is 395 g/mol. The Kier molecular flexibility index (Phi) is 11.1. The van der Waals surface area contributed by atoms with Gasteiger partial charge in [0, 0.05) is 32.8 Å². The van der Waals surface area contributed by atoms with Crippen LogP contribution in [0.1, 0.15) is 63.9 Å². The molecule has 0 radical (unpaired) electrons. The van der Waals surface area contributed by atoms with Crippen LogP contribution in [-0.4, -0.2) is 27.3 Å². The lowest BCUT2D eigenvalue weighted by molar-refractivity contribution is -0.380. The summed E-state index contributed by atoms with van der Waals surface area (Å²) in [5.41, 5.74) is -0.841. The fraction of sp³-hybridized carbons (Fsp3) is 0.714. The minimum absolute atomic E-state index is 0.0584. The van der Waals surface area contributed by atoms with Gasteiger partial charge in [-0.15, -0.1) is 0 Å². The van der Waals surface area contributed by atoms with Crippen molar-refractivity contribution in [1.29, 1.82) is 0 Å². The Hall–Kier alpha value is -1.25. The number of hydrogen-bond acceptors (Lipinski definition) is 3. The summed E-state index contributed by atoms with van der Waals surface area (Å²) in [6, 6.07) is 0. The quantitative estimate of drug-likeness (QED) is 0.115. The zero-order chi connectivity index (χ0) is 22.0.